The summed E-state index contributed by atoms with van der Waals surface area (Å²) in [6, 6.07) is 0. The van der Waals surface area contributed by atoms with Crippen LogP contribution in [-0.2, 0) is 4.79 Å². The van der Waals surface area contributed by atoms with Crippen LogP contribution in [0.4, 0.5) is 0 Å². The van der Waals surface area contributed by atoms with Gasteiger partial charge in [-0.1, -0.05) is 52.9 Å². The van der Waals surface area contributed by atoms with Crippen LogP contribution in [0.25, 0.3) is 0 Å². The van der Waals surface area contributed by atoms with Crippen LogP contribution in [0, 0.1) is 11.8 Å². The summed E-state index contributed by atoms with van der Waals surface area (Å²) in [6.07, 6.45) is 10.4. The Bertz CT molecular complexity index is 129. The lowest BCUT2D eigenvalue weighted by atomic mass is 9.95. The van der Waals surface area contributed by atoms with E-state index in [0.29, 0.717) is 0 Å². The lowest BCUT2D eigenvalue weighted by Gasteiger charge is -2.09. The second-order valence-corrected chi connectivity index (χ2v) is 4.64. The van der Waals surface area contributed by atoms with Crippen molar-refractivity contribution in [2.24, 2.45) is 11.8 Å². The van der Waals surface area contributed by atoms with E-state index >= 15 is 0 Å². The Balaban J connectivity index is 3.43. The Morgan fingerprint density at radius 3 is 2.14 bits per heavy atom. The van der Waals surface area contributed by atoms with Gasteiger partial charge in [0, 0.05) is 5.92 Å². The van der Waals surface area contributed by atoms with Gasteiger partial charge in [-0.15, -0.1) is 0 Å². The first-order valence-electron chi connectivity index (χ1n) is 6.08. The minimum Gasteiger partial charge on any atom is -0.291 e. The molecule has 1 heteroatoms. The summed E-state index contributed by atoms with van der Waals surface area (Å²) >= 11 is 0. The van der Waals surface area contributed by atoms with Crippen molar-refractivity contribution < 1.29 is 4.79 Å². The normalized spacial score (nSPS) is 13.1. The van der Waals surface area contributed by atoms with Crippen LogP contribution in [0.2, 0.25) is 0 Å². The number of hydrogen-bond donors (Lipinski definition) is 0. The van der Waals surface area contributed by atoms with E-state index in [2.05, 4.69) is 27.1 Å². The van der Waals surface area contributed by atoms with Crippen molar-refractivity contribution in [2.45, 2.75) is 65.7 Å². The Labute approximate surface area is 89.3 Å². The molecule has 0 saturated carbocycles. The molecule has 1 atom stereocenters. The third kappa shape index (κ3) is 8.28. The van der Waals surface area contributed by atoms with Crippen molar-refractivity contribution in [1.29, 1.82) is 0 Å². The second kappa shape index (κ2) is 9.23. The average Bonchev–Trinajstić information content (AvgIpc) is 2.15. The van der Waals surface area contributed by atoms with Gasteiger partial charge in [0.15, 0.2) is 0 Å². The largest absolute Gasteiger partial charge is 0.291 e. The van der Waals surface area contributed by atoms with Crippen LogP contribution in [-0.4, -0.2) is 6.29 Å². The van der Waals surface area contributed by atoms with Gasteiger partial charge in [-0.2, -0.15) is 0 Å². The monoisotopic (exact) mass is 197 g/mol. The molecule has 0 bridgehead atoms. The van der Waals surface area contributed by atoms with Crippen LogP contribution in [0.15, 0.2) is 0 Å². The number of hydrogen-bond acceptors (Lipinski definition) is 1. The summed E-state index contributed by atoms with van der Waals surface area (Å²) in [5, 5.41) is 0. The molecule has 0 aromatic heterocycles. The first-order valence-corrected chi connectivity index (χ1v) is 6.08. The molecule has 1 nitrogen and oxygen atoms in total. The minimum absolute atomic E-state index is 0.209. The van der Waals surface area contributed by atoms with E-state index in [0.717, 1.165) is 18.8 Å². The predicted molar refractivity (Wildman–Crippen MR) is 62.0 cm³/mol. The summed E-state index contributed by atoms with van der Waals surface area (Å²) in [7, 11) is 0. The summed E-state index contributed by atoms with van der Waals surface area (Å²) in [5.74, 6) is 0.971. The van der Waals surface area contributed by atoms with Gasteiger partial charge in [0.05, 0.1) is 0 Å². The van der Waals surface area contributed by atoms with Gasteiger partial charge in [-0.25, -0.2) is 0 Å². The van der Waals surface area contributed by atoms with E-state index in [1.807, 2.05) is 0 Å². The zero-order valence-corrected chi connectivity index (χ0v) is 10.0. The summed E-state index contributed by atoms with van der Waals surface area (Å²) < 4.78 is 0. The molecule has 0 fully saturated rings. The first kappa shape index (κ1) is 13.7. The van der Waals surface area contributed by atoms with Crippen molar-refractivity contribution in [3.8, 4) is 0 Å². The molecule has 0 rings (SSSR count). The van der Waals surface area contributed by atoms with Crippen molar-refractivity contribution in [2.75, 3.05) is 0 Å². The topological polar surface area (TPSA) is 17.1 Å². The minimum atomic E-state index is 0.209. The SMILES string of the molecule is CCCCCC([C]=O)CCCC(C)C. The Hall–Kier alpha value is -0.330. The molecule has 0 aromatic carbocycles. The molecule has 0 aliphatic rings. The molecule has 0 aliphatic heterocycles. The van der Waals surface area contributed by atoms with E-state index in [1.165, 1.54) is 32.1 Å². The fourth-order valence-electron chi connectivity index (χ4n) is 1.68. The van der Waals surface area contributed by atoms with Crippen LogP contribution < -0.4 is 0 Å². The maximum atomic E-state index is 10.6. The highest BCUT2D eigenvalue weighted by molar-refractivity contribution is 5.54. The lowest BCUT2D eigenvalue weighted by molar-refractivity contribution is 0.442. The standard InChI is InChI=1S/C13H25O/c1-4-5-6-9-13(11-14)10-7-8-12(2)3/h12-13H,4-10H2,1-3H3. The van der Waals surface area contributed by atoms with Gasteiger partial charge in [-0.3, -0.25) is 4.79 Å². The van der Waals surface area contributed by atoms with Gasteiger partial charge >= 0.3 is 0 Å². The zero-order valence-electron chi connectivity index (χ0n) is 10.0. The number of unbranched alkanes of at least 4 members (excludes halogenated alkanes) is 2. The van der Waals surface area contributed by atoms with Crippen molar-refractivity contribution >= 4 is 6.29 Å². The highest BCUT2D eigenvalue weighted by Crippen LogP contribution is 2.16. The molecule has 0 amide bonds. The van der Waals surface area contributed by atoms with E-state index in [9.17, 15) is 4.79 Å². The van der Waals surface area contributed by atoms with Crippen LogP contribution >= 0.6 is 0 Å². The second-order valence-electron chi connectivity index (χ2n) is 4.64. The maximum absolute atomic E-state index is 10.6. The van der Waals surface area contributed by atoms with Gasteiger partial charge in [-0.05, 0) is 18.8 Å². The molecule has 0 saturated heterocycles. The highest BCUT2D eigenvalue weighted by atomic mass is 16.1. The molecular weight excluding hydrogens is 172 g/mol. The Kier molecular flexibility index (Phi) is 9.02. The maximum Gasteiger partial charge on any atom is 0.201 e. The van der Waals surface area contributed by atoms with Gasteiger partial charge < -0.3 is 0 Å². The van der Waals surface area contributed by atoms with Gasteiger partial charge in [0.1, 0.15) is 0 Å². The van der Waals surface area contributed by atoms with E-state index < -0.39 is 0 Å². The molecule has 1 radical (unpaired) electrons. The first-order chi connectivity index (χ1) is 6.70. The zero-order chi connectivity index (χ0) is 10.8. The van der Waals surface area contributed by atoms with Gasteiger partial charge in [0.25, 0.3) is 0 Å². The Morgan fingerprint density at radius 2 is 1.64 bits per heavy atom. The van der Waals surface area contributed by atoms with Crippen LogP contribution in [0.3, 0.4) is 0 Å². The molecule has 0 spiro atoms. The van der Waals surface area contributed by atoms with Crippen molar-refractivity contribution in [3.63, 3.8) is 0 Å². The summed E-state index contributed by atoms with van der Waals surface area (Å²) in [6.45, 7) is 6.66. The summed E-state index contributed by atoms with van der Waals surface area (Å²) in [4.78, 5) is 10.6. The van der Waals surface area contributed by atoms with Crippen LogP contribution in [0.5, 0.6) is 0 Å². The molecule has 1 unspecified atom stereocenters. The third-order valence-corrected chi connectivity index (χ3v) is 2.66. The van der Waals surface area contributed by atoms with E-state index in [1.54, 1.807) is 0 Å². The molecule has 0 aliphatic carbocycles. The highest BCUT2D eigenvalue weighted by Gasteiger charge is 2.07. The quantitative estimate of drug-likeness (QED) is 0.508. The smallest absolute Gasteiger partial charge is 0.201 e. The van der Waals surface area contributed by atoms with Crippen LogP contribution in [0.1, 0.15) is 65.7 Å². The van der Waals surface area contributed by atoms with E-state index in [-0.39, 0.29) is 5.92 Å². The molecule has 14 heavy (non-hydrogen) atoms. The fraction of sp³-hybridized carbons (Fsp3) is 0.923. The van der Waals surface area contributed by atoms with Crippen molar-refractivity contribution in [3.05, 3.63) is 0 Å². The lowest BCUT2D eigenvalue weighted by Crippen LogP contribution is -2.02. The fourth-order valence-corrected chi connectivity index (χ4v) is 1.68. The summed E-state index contributed by atoms with van der Waals surface area (Å²) in [5.41, 5.74) is 0. The average molecular weight is 197 g/mol. The molecule has 0 aromatic rings. The molecule has 83 valence electrons. The molecule has 0 heterocycles. The number of carbonyl (C=O) groups excluding carboxylic acids is 1. The number of rotatable bonds is 9. The molecule has 0 N–H and O–H groups in total. The van der Waals surface area contributed by atoms with Crippen molar-refractivity contribution in [1.82, 2.24) is 0 Å². The third-order valence-electron chi connectivity index (χ3n) is 2.66. The molecular formula is C13H25O. The van der Waals surface area contributed by atoms with E-state index in [4.69, 9.17) is 0 Å². The Morgan fingerprint density at radius 1 is 1.00 bits per heavy atom. The van der Waals surface area contributed by atoms with Gasteiger partial charge in [0.2, 0.25) is 6.29 Å². The predicted octanol–water partition coefficient (Wildman–Crippen LogP) is 4.12.